The van der Waals surface area contributed by atoms with Crippen LogP contribution in [0.4, 0.5) is 0 Å². The Morgan fingerprint density at radius 1 is 0.867 bits per heavy atom. The van der Waals surface area contributed by atoms with Crippen LogP contribution in [0.25, 0.3) is 0 Å². The number of ether oxygens (including phenoxy) is 1. The molecule has 0 N–H and O–H groups in total. The molecular formula is C12H22O3. The normalized spacial score (nSPS) is 10.8. The third-order valence-electron chi connectivity index (χ3n) is 2.08. The Bertz CT molecular complexity index is 185. The van der Waals surface area contributed by atoms with E-state index in [9.17, 15) is 9.59 Å². The van der Waals surface area contributed by atoms with Crippen LogP contribution in [-0.4, -0.2) is 11.9 Å². The predicted octanol–water partition coefficient (Wildman–Crippen LogP) is 2.93. The molecule has 0 rings (SSSR count). The van der Waals surface area contributed by atoms with Gasteiger partial charge in [-0.3, -0.25) is 9.59 Å². The standard InChI is InChI=1S/C12H22O3/c1-9(2)5-7-11(13)15-12(14)8-6-10(3)4/h9-10H,5-8H2,1-4H3. The van der Waals surface area contributed by atoms with Crippen LogP contribution in [-0.2, 0) is 14.3 Å². The zero-order chi connectivity index (χ0) is 11.8. The smallest absolute Gasteiger partial charge is 0.313 e. The van der Waals surface area contributed by atoms with Gasteiger partial charge in [-0.15, -0.1) is 0 Å². The summed E-state index contributed by atoms with van der Waals surface area (Å²) in [5.74, 6) is 0.140. The molecule has 0 bridgehead atoms. The molecule has 0 aromatic heterocycles. The van der Waals surface area contributed by atoms with Gasteiger partial charge in [-0.2, -0.15) is 0 Å². The van der Waals surface area contributed by atoms with Gasteiger partial charge in [-0.1, -0.05) is 27.7 Å². The van der Waals surface area contributed by atoms with E-state index < -0.39 is 11.9 Å². The summed E-state index contributed by atoms with van der Waals surface area (Å²) in [4.78, 5) is 22.3. The lowest BCUT2D eigenvalue weighted by molar-refractivity contribution is -0.160. The van der Waals surface area contributed by atoms with Crippen LogP contribution in [0, 0.1) is 11.8 Å². The van der Waals surface area contributed by atoms with Crippen LogP contribution >= 0.6 is 0 Å². The molecule has 0 aromatic rings. The molecule has 0 aliphatic carbocycles. The molecule has 15 heavy (non-hydrogen) atoms. The summed E-state index contributed by atoms with van der Waals surface area (Å²) in [7, 11) is 0. The van der Waals surface area contributed by atoms with Gasteiger partial charge in [0.25, 0.3) is 0 Å². The molecular weight excluding hydrogens is 192 g/mol. The number of carbonyl (C=O) groups excluding carboxylic acids is 2. The van der Waals surface area contributed by atoms with Crippen molar-refractivity contribution in [2.75, 3.05) is 0 Å². The third kappa shape index (κ3) is 9.44. The van der Waals surface area contributed by atoms with Gasteiger partial charge < -0.3 is 4.74 Å². The lowest BCUT2D eigenvalue weighted by Gasteiger charge is -2.06. The van der Waals surface area contributed by atoms with Crippen LogP contribution in [0.2, 0.25) is 0 Å². The van der Waals surface area contributed by atoms with Crippen LogP contribution < -0.4 is 0 Å². The Labute approximate surface area is 92.2 Å². The average molecular weight is 214 g/mol. The molecule has 3 nitrogen and oxygen atoms in total. The molecule has 3 heteroatoms. The van der Waals surface area contributed by atoms with E-state index in [-0.39, 0.29) is 0 Å². The lowest BCUT2D eigenvalue weighted by atomic mass is 10.1. The summed E-state index contributed by atoms with van der Waals surface area (Å²) < 4.78 is 4.67. The Balaban J connectivity index is 3.63. The summed E-state index contributed by atoms with van der Waals surface area (Å²) in [5, 5.41) is 0. The first-order valence-electron chi connectivity index (χ1n) is 5.65. The molecule has 0 aromatic carbocycles. The summed E-state index contributed by atoms with van der Waals surface area (Å²) in [6.45, 7) is 8.14. The van der Waals surface area contributed by atoms with Crippen LogP contribution in [0.5, 0.6) is 0 Å². The van der Waals surface area contributed by atoms with E-state index in [1.807, 2.05) is 27.7 Å². The summed E-state index contributed by atoms with van der Waals surface area (Å²) >= 11 is 0. The van der Waals surface area contributed by atoms with Crippen LogP contribution in [0.15, 0.2) is 0 Å². The van der Waals surface area contributed by atoms with Crippen molar-refractivity contribution in [3.05, 3.63) is 0 Å². The minimum absolute atomic E-state index is 0.338. The summed E-state index contributed by atoms with van der Waals surface area (Å²) in [6, 6.07) is 0. The number of hydrogen-bond donors (Lipinski definition) is 0. The van der Waals surface area contributed by atoms with Crippen molar-refractivity contribution in [1.82, 2.24) is 0 Å². The second kappa shape index (κ2) is 7.43. The average Bonchev–Trinajstić information content (AvgIpc) is 2.11. The fourth-order valence-electron chi connectivity index (χ4n) is 1.04. The van der Waals surface area contributed by atoms with Crippen LogP contribution in [0.1, 0.15) is 53.4 Å². The molecule has 0 atom stereocenters. The van der Waals surface area contributed by atoms with E-state index in [2.05, 4.69) is 4.74 Å². The van der Waals surface area contributed by atoms with Gasteiger partial charge in [-0.05, 0) is 24.7 Å². The topological polar surface area (TPSA) is 43.4 Å². The molecule has 0 radical (unpaired) electrons. The number of esters is 2. The zero-order valence-electron chi connectivity index (χ0n) is 10.2. The highest BCUT2D eigenvalue weighted by molar-refractivity contribution is 5.85. The van der Waals surface area contributed by atoms with E-state index in [4.69, 9.17) is 0 Å². The lowest BCUT2D eigenvalue weighted by Crippen LogP contribution is -2.13. The van der Waals surface area contributed by atoms with Gasteiger partial charge in [0.1, 0.15) is 0 Å². The van der Waals surface area contributed by atoms with Crippen molar-refractivity contribution >= 4 is 11.9 Å². The quantitative estimate of drug-likeness (QED) is 0.504. The van der Waals surface area contributed by atoms with Gasteiger partial charge in [0, 0.05) is 12.8 Å². The summed E-state index contributed by atoms with van der Waals surface area (Å²) in [6.07, 6.45) is 2.22. The highest BCUT2D eigenvalue weighted by atomic mass is 16.6. The van der Waals surface area contributed by atoms with E-state index in [0.29, 0.717) is 24.7 Å². The van der Waals surface area contributed by atoms with E-state index in [1.165, 1.54) is 0 Å². The minimum Gasteiger partial charge on any atom is -0.393 e. The second-order valence-electron chi connectivity index (χ2n) is 4.71. The van der Waals surface area contributed by atoms with Crippen molar-refractivity contribution < 1.29 is 14.3 Å². The maximum absolute atomic E-state index is 11.2. The van der Waals surface area contributed by atoms with Crippen LogP contribution in [0.3, 0.4) is 0 Å². The molecule has 0 aliphatic heterocycles. The Morgan fingerprint density at radius 3 is 1.47 bits per heavy atom. The monoisotopic (exact) mass is 214 g/mol. The molecule has 0 saturated carbocycles. The van der Waals surface area contributed by atoms with Crippen molar-refractivity contribution in [1.29, 1.82) is 0 Å². The first-order chi connectivity index (χ1) is 6.91. The largest absolute Gasteiger partial charge is 0.393 e. The fraction of sp³-hybridized carbons (Fsp3) is 0.833. The second-order valence-corrected chi connectivity index (χ2v) is 4.71. The zero-order valence-corrected chi connectivity index (χ0v) is 10.2. The fourth-order valence-corrected chi connectivity index (χ4v) is 1.04. The van der Waals surface area contributed by atoms with Crippen molar-refractivity contribution in [2.45, 2.75) is 53.4 Å². The van der Waals surface area contributed by atoms with Gasteiger partial charge in [0.2, 0.25) is 0 Å². The molecule has 0 unspecified atom stereocenters. The molecule has 0 amide bonds. The Morgan fingerprint density at radius 2 is 1.20 bits per heavy atom. The molecule has 0 spiro atoms. The minimum atomic E-state index is -0.391. The summed E-state index contributed by atoms with van der Waals surface area (Å²) in [5.41, 5.74) is 0. The molecule has 0 aliphatic rings. The number of rotatable bonds is 6. The van der Waals surface area contributed by atoms with Gasteiger partial charge >= 0.3 is 11.9 Å². The van der Waals surface area contributed by atoms with E-state index in [1.54, 1.807) is 0 Å². The highest BCUT2D eigenvalue weighted by Crippen LogP contribution is 2.07. The molecule has 88 valence electrons. The van der Waals surface area contributed by atoms with Crippen molar-refractivity contribution in [3.8, 4) is 0 Å². The highest BCUT2D eigenvalue weighted by Gasteiger charge is 2.11. The maximum atomic E-state index is 11.2. The van der Waals surface area contributed by atoms with Gasteiger partial charge in [0.05, 0.1) is 0 Å². The van der Waals surface area contributed by atoms with Crippen molar-refractivity contribution in [2.24, 2.45) is 11.8 Å². The first kappa shape index (κ1) is 14.1. The SMILES string of the molecule is CC(C)CCC(=O)OC(=O)CCC(C)C. The Kier molecular flexibility index (Phi) is 7.01. The third-order valence-corrected chi connectivity index (χ3v) is 2.08. The molecule has 0 heterocycles. The number of hydrogen-bond acceptors (Lipinski definition) is 3. The van der Waals surface area contributed by atoms with Crippen molar-refractivity contribution in [3.63, 3.8) is 0 Å². The predicted molar refractivity (Wildman–Crippen MR) is 59.2 cm³/mol. The molecule has 0 saturated heterocycles. The molecule has 0 fully saturated rings. The van der Waals surface area contributed by atoms with E-state index >= 15 is 0 Å². The first-order valence-corrected chi connectivity index (χ1v) is 5.65. The van der Waals surface area contributed by atoms with Gasteiger partial charge in [0.15, 0.2) is 0 Å². The maximum Gasteiger partial charge on any atom is 0.313 e. The number of carbonyl (C=O) groups is 2. The Hall–Kier alpha value is -0.860. The van der Waals surface area contributed by atoms with E-state index in [0.717, 1.165) is 12.8 Å². The van der Waals surface area contributed by atoms with Gasteiger partial charge in [-0.25, -0.2) is 0 Å².